The largest absolute Gasteiger partial charge is 0.465 e. The lowest BCUT2D eigenvalue weighted by atomic mass is 10.1. The van der Waals surface area contributed by atoms with Crippen LogP contribution in [-0.2, 0) is 21.3 Å². The third-order valence-corrected chi connectivity index (χ3v) is 6.32. The molecule has 3 rings (SSSR count). The first-order valence-electron chi connectivity index (χ1n) is 8.93. The first kappa shape index (κ1) is 19.4. The zero-order chi connectivity index (χ0) is 19.4. The number of nitrogens with zero attached hydrogens (tertiary/aromatic N) is 1. The first-order valence-corrected chi connectivity index (χ1v) is 10.4. The van der Waals surface area contributed by atoms with E-state index >= 15 is 0 Å². The molecule has 0 atom stereocenters. The molecule has 1 saturated heterocycles. The van der Waals surface area contributed by atoms with Gasteiger partial charge in [0, 0.05) is 25.3 Å². The number of carbonyl (C=O) groups excluding carboxylic acids is 1. The van der Waals surface area contributed by atoms with Crippen molar-refractivity contribution in [2.24, 2.45) is 0 Å². The molecule has 0 bridgehead atoms. The molecule has 1 aliphatic heterocycles. The van der Waals surface area contributed by atoms with Gasteiger partial charge in [-0.2, -0.15) is 0 Å². The van der Waals surface area contributed by atoms with E-state index in [1.807, 2.05) is 24.3 Å². The van der Waals surface area contributed by atoms with Crippen LogP contribution in [0.1, 0.15) is 34.3 Å². The number of rotatable bonds is 6. The van der Waals surface area contributed by atoms with Gasteiger partial charge in [0.15, 0.2) is 0 Å². The summed E-state index contributed by atoms with van der Waals surface area (Å²) < 4.78 is 32.7. The Bertz CT molecular complexity index is 917. The van der Waals surface area contributed by atoms with Gasteiger partial charge in [-0.3, -0.25) is 0 Å². The third kappa shape index (κ3) is 4.48. The fourth-order valence-corrected chi connectivity index (χ4v) is 4.48. The second kappa shape index (κ2) is 8.10. The molecule has 2 aromatic rings. The van der Waals surface area contributed by atoms with Crippen LogP contribution in [0.15, 0.2) is 47.4 Å². The smallest absolute Gasteiger partial charge is 0.337 e. The zero-order valence-corrected chi connectivity index (χ0v) is 16.4. The third-order valence-electron chi connectivity index (χ3n) is 4.77. The molecule has 1 fully saturated rings. The average Bonchev–Trinajstić information content (AvgIpc) is 3.21. The number of methoxy groups -OCH3 is 1. The van der Waals surface area contributed by atoms with Crippen molar-refractivity contribution in [1.29, 1.82) is 0 Å². The van der Waals surface area contributed by atoms with Crippen molar-refractivity contribution in [3.8, 4) is 0 Å². The summed E-state index contributed by atoms with van der Waals surface area (Å²) in [6.07, 6.45) is 2.43. The first-order chi connectivity index (χ1) is 12.9. The maximum absolute atomic E-state index is 12.7. The molecule has 27 heavy (non-hydrogen) atoms. The Balaban J connectivity index is 1.72. The molecule has 0 radical (unpaired) electrons. The lowest BCUT2D eigenvalue weighted by molar-refractivity contribution is 0.0600. The fourth-order valence-electron chi connectivity index (χ4n) is 3.19. The van der Waals surface area contributed by atoms with Crippen molar-refractivity contribution >= 4 is 21.7 Å². The standard InChI is InChI=1S/C20H24N2O4S/c1-15-5-8-17(20(23)26-2)13-19(15)27(24,25)21-14-16-6-9-18(10-7-16)22-11-3-4-12-22/h5-10,13,21H,3-4,11-12,14H2,1-2H3. The second-order valence-electron chi connectivity index (χ2n) is 6.66. The van der Waals surface area contributed by atoms with E-state index in [0.717, 1.165) is 18.7 Å². The summed E-state index contributed by atoms with van der Waals surface area (Å²) in [7, 11) is -2.48. The minimum absolute atomic E-state index is 0.0825. The van der Waals surface area contributed by atoms with Gasteiger partial charge in [0.05, 0.1) is 17.6 Å². The summed E-state index contributed by atoms with van der Waals surface area (Å²) in [6, 6.07) is 12.4. The number of hydrogen-bond acceptors (Lipinski definition) is 5. The molecule has 0 amide bonds. The quantitative estimate of drug-likeness (QED) is 0.770. The number of aryl methyl sites for hydroxylation is 1. The summed E-state index contributed by atoms with van der Waals surface area (Å²) in [5.41, 5.74) is 2.82. The number of benzene rings is 2. The van der Waals surface area contributed by atoms with Crippen molar-refractivity contribution in [3.63, 3.8) is 0 Å². The van der Waals surface area contributed by atoms with Crippen LogP contribution in [0.4, 0.5) is 5.69 Å². The average molecular weight is 388 g/mol. The van der Waals surface area contributed by atoms with Crippen LogP contribution in [0, 0.1) is 6.92 Å². The summed E-state index contributed by atoms with van der Waals surface area (Å²) in [5.74, 6) is -0.566. The van der Waals surface area contributed by atoms with Crippen molar-refractivity contribution in [2.75, 3.05) is 25.1 Å². The van der Waals surface area contributed by atoms with Crippen LogP contribution in [0.25, 0.3) is 0 Å². The lowest BCUT2D eigenvalue weighted by Crippen LogP contribution is -2.24. The van der Waals surface area contributed by atoms with Gasteiger partial charge in [-0.25, -0.2) is 17.9 Å². The Morgan fingerprint density at radius 2 is 1.78 bits per heavy atom. The predicted octanol–water partition coefficient (Wildman–Crippen LogP) is 2.86. The van der Waals surface area contributed by atoms with E-state index in [2.05, 4.69) is 14.4 Å². The van der Waals surface area contributed by atoms with E-state index in [4.69, 9.17) is 0 Å². The van der Waals surface area contributed by atoms with Crippen LogP contribution >= 0.6 is 0 Å². The Hall–Kier alpha value is -2.38. The summed E-state index contributed by atoms with van der Waals surface area (Å²) >= 11 is 0. The highest BCUT2D eigenvalue weighted by Crippen LogP contribution is 2.21. The van der Waals surface area contributed by atoms with Gasteiger partial charge < -0.3 is 9.64 Å². The van der Waals surface area contributed by atoms with E-state index in [9.17, 15) is 13.2 Å². The minimum Gasteiger partial charge on any atom is -0.465 e. The molecule has 0 spiro atoms. The van der Waals surface area contributed by atoms with Crippen molar-refractivity contribution in [3.05, 3.63) is 59.2 Å². The zero-order valence-electron chi connectivity index (χ0n) is 15.6. The number of hydrogen-bond donors (Lipinski definition) is 1. The minimum atomic E-state index is -3.75. The Morgan fingerprint density at radius 3 is 2.41 bits per heavy atom. The molecule has 2 aromatic carbocycles. The number of carbonyl (C=O) groups is 1. The van der Waals surface area contributed by atoms with Crippen LogP contribution < -0.4 is 9.62 Å². The van der Waals surface area contributed by atoms with Crippen LogP contribution in [0.5, 0.6) is 0 Å². The fraction of sp³-hybridized carbons (Fsp3) is 0.350. The molecule has 1 N–H and O–H groups in total. The van der Waals surface area contributed by atoms with E-state index in [0.29, 0.717) is 5.56 Å². The maximum Gasteiger partial charge on any atom is 0.337 e. The molecule has 0 saturated carbocycles. The Labute approximate surface area is 160 Å². The predicted molar refractivity (Wildman–Crippen MR) is 104 cm³/mol. The van der Waals surface area contributed by atoms with Crippen molar-refractivity contribution in [1.82, 2.24) is 4.72 Å². The molecule has 0 aliphatic carbocycles. The van der Waals surface area contributed by atoms with Gasteiger partial charge in [0.1, 0.15) is 0 Å². The van der Waals surface area contributed by atoms with Crippen molar-refractivity contribution in [2.45, 2.75) is 31.2 Å². The van der Waals surface area contributed by atoms with Gasteiger partial charge >= 0.3 is 5.97 Å². The van der Waals surface area contributed by atoms with Gasteiger partial charge in [0.25, 0.3) is 0 Å². The molecule has 0 unspecified atom stereocenters. The molecule has 6 nitrogen and oxygen atoms in total. The highest BCUT2D eigenvalue weighted by molar-refractivity contribution is 7.89. The van der Waals surface area contributed by atoms with E-state index in [-0.39, 0.29) is 17.0 Å². The van der Waals surface area contributed by atoms with Gasteiger partial charge in [0.2, 0.25) is 10.0 Å². The molecule has 1 aliphatic rings. The number of esters is 1. The molecule has 1 heterocycles. The van der Waals surface area contributed by atoms with E-state index < -0.39 is 16.0 Å². The molecule has 7 heteroatoms. The number of sulfonamides is 1. The normalized spacial score (nSPS) is 14.4. The Kier molecular flexibility index (Phi) is 5.82. The summed E-state index contributed by atoms with van der Waals surface area (Å²) in [4.78, 5) is 14.1. The summed E-state index contributed by atoms with van der Waals surface area (Å²) in [6.45, 7) is 4.02. The Morgan fingerprint density at radius 1 is 1.11 bits per heavy atom. The molecule has 144 valence electrons. The number of anilines is 1. The van der Waals surface area contributed by atoms with Crippen LogP contribution in [-0.4, -0.2) is 34.6 Å². The van der Waals surface area contributed by atoms with Gasteiger partial charge in [-0.1, -0.05) is 18.2 Å². The van der Waals surface area contributed by atoms with Gasteiger partial charge in [-0.05, 0) is 55.2 Å². The molecular weight excluding hydrogens is 364 g/mol. The van der Waals surface area contributed by atoms with E-state index in [1.54, 1.807) is 19.1 Å². The van der Waals surface area contributed by atoms with Crippen LogP contribution in [0.3, 0.4) is 0 Å². The molecular formula is C20H24N2O4S. The topological polar surface area (TPSA) is 75.7 Å². The lowest BCUT2D eigenvalue weighted by Gasteiger charge is -2.17. The highest BCUT2D eigenvalue weighted by Gasteiger charge is 2.19. The number of ether oxygens (including phenoxy) is 1. The summed E-state index contributed by atoms with van der Waals surface area (Å²) in [5, 5.41) is 0. The van der Waals surface area contributed by atoms with Gasteiger partial charge in [-0.15, -0.1) is 0 Å². The SMILES string of the molecule is COC(=O)c1ccc(C)c(S(=O)(=O)NCc2ccc(N3CCCC3)cc2)c1. The van der Waals surface area contributed by atoms with Crippen LogP contribution in [0.2, 0.25) is 0 Å². The molecule has 0 aromatic heterocycles. The monoisotopic (exact) mass is 388 g/mol. The van der Waals surface area contributed by atoms with Crippen molar-refractivity contribution < 1.29 is 17.9 Å². The second-order valence-corrected chi connectivity index (χ2v) is 8.39. The highest BCUT2D eigenvalue weighted by atomic mass is 32.2. The maximum atomic E-state index is 12.7. The van der Waals surface area contributed by atoms with E-state index in [1.165, 1.54) is 31.7 Å². The number of nitrogens with one attached hydrogen (secondary N) is 1.